The second-order valence-corrected chi connectivity index (χ2v) is 2.97. The van der Waals surface area contributed by atoms with Gasteiger partial charge in [0.15, 0.2) is 0 Å². The molecule has 14 heavy (non-hydrogen) atoms. The first-order chi connectivity index (χ1) is 6.69. The molecular weight excluding hydrogens is 176 g/mol. The molecule has 1 aromatic carbocycles. The van der Waals surface area contributed by atoms with E-state index in [9.17, 15) is 5.11 Å². The largest absolute Gasteiger partial charge is 0.507 e. The summed E-state index contributed by atoms with van der Waals surface area (Å²) in [6.07, 6.45) is 3.12. The van der Waals surface area contributed by atoms with Gasteiger partial charge in [-0.1, -0.05) is 12.7 Å². The van der Waals surface area contributed by atoms with Crippen molar-refractivity contribution >= 4 is 5.76 Å². The van der Waals surface area contributed by atoms with Gasteiger partial charge in [0.1, 0.15) is 11.5 Å². The average Bonchev–Trinajstić information content (AvgIpc) is 2.17. The molecule has 0 aliphatic carbocycles. The summed E-state index contributed by atoms with van der Waals surface area (Å²) in [7, 11) is 1.62. The number of methoxy groups -OCH3 is 1. The van der Waals surface area contributed by atoms with E-state index in [4.69, 9.17) is 4.74 Å². The van der Waals surface area contributed by atoms with Crippen molar-refractivity contribution in [2.45, 2.75) is 6.92 Å². The van der Waals surface area contributed by atoms with Gasteiger partial charge >= 0.3 is 0 Å². The molecule has 0 heterocycles. The van der Waals surface area contributed by atoms with Crippen molar-refractivity contribution in [1.29, 1.82) is 0 Å². The first-order valence-corrected chi connectivity index (χ1v) is 4.35. The summed E-state index contributed by atoms with van der Waals surface area (Å²) < 4.78 is 5.07. The lowest BCUT2D eigenvalue weighted by Crippen LogP contribution is -1.90. The molecule has 2 heteroatoms. The van der Waals surface area contributed by atoms with Gasteiger partial charge in [-0.3, -0.25) is 0 Å². The van der Waals surface area contributed by atoms with Gasteiger partial charge < -0.3 is 9.84 Å². The molecule has 0 saturated carbocycles. The Hall–Kier alpha value is -1.70. The van der Waals surface area contributed by atoms with E-state index in [1.165, 1.54) is 0 Å². The van der Waals surface area contributed by atoms with E-state index < -0.39 is 0 Å². The molecule has 0 saturated heterocycles. The van der Waals surface area contributed by atoms with Gasteiger partial charge in [0, 0.05) is 5.56 Å². The normalized spacial score (nSPS) is 11.1. The van der Waals surface area contributed by atoms with Gasteiger partial charge in [-0.25, -0.2) is 0 Å². The molecule has 0 spiro atoms. The fourth-order valence-electron chi connectivity index (χ4n) is 1.25. The molecule has 0 aliphatic rings. The molecule has 1 N–H and O–H groups in total. The summed E-state index contributed by atoms with van der Waals surface area (Å²) in [5, 5.41) is 9.61. The number of allylic oxidation sites excluding steroid dienone is 2. The van der Waals surface area contributed by atoms with Crippen molar-refractivity contribution in [3.63, 3.8) is 0 Å². The summed E-state index contributed by atoms with van der Waals surface area (Å²) in [6, 6.07) is 5.52. The molecule has 0 bridgehead atoms. The van der Waals surface area contributed by atoms with E-state index in [2.05, 4.69) is 6.58 Å². The maximum absolute atomic E-state index is 9.61. The van der Waals surface area contributed by atoms with E-state index in [1.54, 1.807) is 19.3 Å². The van der Waals surface area contributed by atoms with Gasteiger partial charge in [-0.15, -0.1) is 0 Å². The average molecular weight is 190 g/mol. The predicted molar refractivity (Wildman–Crippen MR) is 58.5 cm³/mol. The van der Waals surface area contributed by atoms with Crippen molar-refractivity contribution in [2.24, 2.45) is 0 Å². The first-order valence-electron chi connectivity index (χ1n) is 4.35. The Balaban J connectivity index is 3.11. The second kappa shape index (κ2) is 4.51. The van der Waals surface area contributed by atoms with Crippen LogP contribution in [0.15, 0.2) is 36.9 Å². The standard InChI is InChI=1S/C12H14O2/c1-4-5-12(13)11-7-6-10(14-3)8-9(11)2/h4-8,13H,1H2,2-3H3/b12-5+. The van der Waals surface area contributed by atoms with Crippen molar-refractivity contribution in [2.75, 3.05) is 7.11 Å². The number of aryl methyl sites for hydroxylation is 1. The maximum atomic E-state index is 9.61. The molecule has 0 fully saturated rings. The quantitative estimate of drug-likeness (QED) is 0.586. The molecule has 74 valence electrons. The highest BCUT2D eigenvalue weighted by Crippen LogP contribution is 2.21. The van der Waals surface area contributed by atoms with E-state index in [0.29, 0.717) is 0 Å². The van der Waals surface area contributed by atoms with Gasteiger partial charge in [0.2, 0.25) is 0 Å². The number of hydrogen-bond donors (Lipinski definition) is 1. The summed E-state index contributed by atoms with van der Waals surface area (Å²) in [6.45, 7) is 5.45. The lowest BCUT2D eigenvalue weighted by Gasteiger charge is -2.06. The van der Waals surface area contributed by atoms with Crippen LogP contribution in [-0.4, -0.2) is 12.2 Å². The van der Waals surface area contributed by atoms with E-state index in [0.717, 1.165) is 16.9 Å². The van der Waals surface area contributed by atoms with Crippen molar-refractivity contribution in [3.05, 3.63) is 48.1 Å². The minimum atomic E-state index is 0.222. The van der Waals surface area contributed by atoms with Gasteiger partial charge in [-0.05, 0) is 36.8 Å². The lowest BCUT2D eigenvalue weighted by molar-refractivity contribution is 0.414. The Kier molecular flexibility index (Phi) is 3.35. The summed E-state index contributed by atoms with van der Waals surface area (Å²) >= 11 is 0. The fraction of sp³-hybridized carbons (Fsp3) is 0.167. The van der Waals surface area contributed by atoms with E-state index >= 15 is 0 Å². The van der Waals surface area contributed by atoms with Crippen molar-refractivity contribution in [3.8, 4) is 5.75 Å². The Bertz CT molecular complexity index is 365. The SMILES string of the molecule is C=C/C=C(/O)c1ccc(OC)cc1C. The van der Waals surface area contributed by atoms with Crippen LogP contribution in [0, 0.1) is 6.92 Å². The number of benzene rings is 1. The molecule has 1 aromatic rings. The van der Waals surface area contributed by atoms with Crippen LogP contribution in [0.5, 0.6) is 5.75 Å². The van der Waals surface area contributed by atoms with Crippen LogP contribution in [-0.2, 0) is 0 Å². The zero-order valence-electron chi connectivity index (χ0n) is 8.45. The van der Waals surface area contributed by atoms with E-state index in [-0.39, 0.29) is 5.76 Å². The highest BCUT2D eigenvalue weighted by Gasteiger charge is 2.03. The molecule has 2 nitrogen and oxygen atoms in total. The number of aliphatic hydroxyl groups is 1. The Morgan fingerprint density at radius 2 is 2.21 bits per heavy atom. The lowest BCUT2D eigenvalue weighted by atomic mass is 10.1. The Morgan fingerprint density at radius 3 is 2.71 bits per heavy atom. The second-order valence-electron chi connectivity index (χ2n) is 2.97. The van der Waals surface area contributed by atoms with Crippen LogP contribution in [0.25, 0.3) is 5.76 Å². The fourth-order valence-corrected chi connectivity index (χ4v) is 1.25. The van der Waals surface area contributed by atoms with Gasteiger partial charge in [-0.2, -0.15) is 0 Å². The van der Waals surface area contributed by atoms with E-state index in [1.807, 2.05) is 25.1 Å². The van der Waals surface area contributed by atoms with Crippen molar-refractivity contribution in [1.82, 2.24) is 0 Å². The number of rotatable bonds is 3. The summed E-state index contributed by atoms with van der Waals surface area (Å²) in [5.41, 5.74) is 1.77. The third-order valence-corrected chi connectivity index (χ3v) is 1.99. The molecule has 0 radical (unpaired) electrons. The predicted octanol–water partition coefficient (Wildman–Crippen LogP) is 3.09. The monoisotopic (exact) mass is 190 g/mol. The molecule has 0 unspecified atom stereocenters. The third-order valence-electron chi connectivity index (χ3n) is 1.99. The molecule has 0 aromatic heterocycles. The zero-order chi connectivity index (χ0) is 10.6. The van der Waals surface area contributed by atoms with Crippen molar-refractivity contribution < 1.29 is 9.84 Å². The molecule has 0 amide bonds. The first kappa shape index (κ1) is 10.4. The van der Waals surface area contributed by atoms with Gasteiger partial charge in [0.25, 0.3) is 0 Å². The van der Waals surface area contributed by atoms with Crippen LogP contribution in [0.2, 0.25) is 0 Å². The van der Waals surface area contributed by atoms with Gasteiger partial charge in [0.05, 0.1) is 7.11 Å². The van der Waals surface area contributed by atoms with Crippen LogP contribution in [0.4, 0.5) is 0 Å². The smallest absolute Gasteiger partial charge is 0.123 e. The number of hydrogen-bond acceptors (Lipinski definition) is 2. The minimum Gasteiger partial charge on any atom is -0.507 e. The summed E-state index contributed by atoms with van der Waals surface area (Å²) in [5.74, 6) is 1.01. The zero-order valence-corrected chi connectivity index (χ0v) is 8.45. The molecular formula is C12H14O2. The van der Waals surface area contributed by atoms with Crippen LogP contribution in [0.3, 0.4) is 0 Å². The van der Waals surface area contributed by atoms with Crippen LogP contribution < -0.4 is 4.74 Å². The summed E-state index contributed by atoms with van der Waals surface area (Å²) in [4.78, 5) is 0. The third kappa shape index (κ3) is 2.16. The van der Waals surface area contributed by atoms with Crippen LogP contribution >= 0.6 is 0 Å². The topological polar surface area (TPSA) is 29.5 Å². The number of aliphatic hydroxyl groups excluding tert-OH is 1. The highest BCUT2D eigenvalue weighted by atomic mass is 16.5. The maximum Gasteiger partial charge on any atom is 0.123 e. The van der Waals surface area contributed by atoms with Crippen LogP contribution in [0.1, 0.15) is 11.1 Å². The Morgan fingerprint density at radius 1 is 1.50 bits per heavy atom. The molecule has 0 aliphatic heterocycles. The molecule has 1 rings (SSSR count). The minimum absolute atomic E-state index is 0.222. The Labute approximate surface area is 84.1 Å². The molecule has 0 atom stereocenters. The highest BCUT2D eigenvalue weighted by molar-refractivity contribution is 5.63. The number of ether oxygens (including phenoxy) is 1.